The van der Waals surface area contributed by atoms with Crippen LogP contribution in [0.25, 0.3) is 116 Å². The molecule has 260 valence electrons. The van der Waals surface area contributed by atoms with Crippen molar-refractivity contribution in [3.63, 3.8) is 0 Å². The number of aromatic nitrogens is 3. The molecule has 0 aliphatic carbocycles. The summed E-state index contributed by atoms with van der Waals surface area (Å²) < 4.78 is 9.12. The second kappa shape index (κ2) is 12.0. The Morgan fingerprint density at radius 1 is 0.393 bits per heavy atom. The van der Waals surface area contributed by atoms with Crippen molar-refractivity contribution in [2.45, 2.75) is 0 Å². The molecule has 3 heterocycles. The molecule has 12 aromatic rings. The van der Waals surface area contributed by atoms with Crippen LogP contribution in [0.5, 0.6) is 0 Å². The first-order valence-corrected chi connectivity index (χ1v) is 19.0. The Hall–Kier alpha value is -7.56. The summed E-state index contributed by atoms with van der Waals surface area (Å²) in [5.74, 6) is 0.667. The summed E-state index contributed by atoms with van der Waals surface area (Å²) in [6.45, 7) is 0. The predicted octanol–water partition coefficient (Wildman–Crippen LogP) is 13.9. The molecule has 0 spiro atoms. The molecular weight excluding hydrogens is 683 g/mol. The van der Waals surface area contributed by atoms with E-state index in [0.717, 1.165) is 50.1 Å². The van der Waals surface area contributed by atoms with Gasteiger partial charge in [0.05, 0.1) is 11.0 Å². The van der Waals surface area contributed by atoms with E-state index in [1.165, 1.54) is 54.5 Å². The molecule has 4 heteroatoms. The smallest absolute Gasteiger partial charge is 0.180 e. The maximum Gasteiger partial charge on any atom is 0.180 e. The SMILES string of the molecule is c1ccc(-c2ccc(-c3nc(-c4ccccc4)nc4c3oc3ccc(-c5ccc6c7c5c5ccccc5c5cccc(c57)n6-c5ccccc5)cc34)cc2)cc1. The lowest BCUT2D eigenvalue weighted by Gasteiger charge is -2.13. The molecule has 12 rings (SSSR count). The highest BCUT2D eigenvalue weighted by Gasteiger charge is 2.23. The van der Waals surface area contributed by atoms with Crippen LogP contribution < -0.4 is 0 Å². The molecule has 0 aliphatic rings. The van der Waals surface area contributed by atoms with Crippen LogP contribution in [-0.4, -0.2) is 14.5 Å². The van der Waals surface area contributed by atoms with E-state index in [9.17, 15) is 0 Å². The predicted molar refractivity (Wildman–Crippen MR) is 232 cm³/mol. The van der Waals surface area contributed by atoms with Crippen molar-refractivity contribution >= 4 is 65.4 Å². The molecule has 0 unspecified atom stereocenters. The van der Waals surface area contributed by atoms with Crippen molar-refractivity contribution in [2.24, 2.45) is 0 Å². The standard InChI is InChI=1S/C52H31N3O/c1-4-13-32(14-5-1)33-23-25-34(26-24-33)49-51-50(54-52(53-49)35-15-6-2-7-16-35)42-31-36(27-30-45(42)56-51)38-28-29-44-48-46(38)40-20-11-10-19-39(40)41-21-12-22-43(47(41)48)55(44)37-17-8-3-9-18-37/h1-31H. The van der Waals surface area contributed by atoms with Gasteiger partial charge in [0.25, 0.3) is 0 Å². The summed E-state index contributed by atoms with van der Waals surface area (Å²) in [4.78, 5) is 10.4. The van der Waals surface area contributed by atoms with E-state index in [2.05, 4.69) is 168 Å². The topological polar surface area (TPSA) is 43.9 Å². The Balaban J connectivity index is 1.12. The molecule has 0 radical (unpaired) electrons. The van der Waals surface area contributed by atoms with Crippen molar-refractivity contribution in [3.8, 4) is 50.6 Å². The fourth-order valence-electron chi connectivity index (χ4n) is 8.86. The number of hydrogen-bond acceptors (Lipinski definition) is 3. The largest absolute Gasteiger partial charge is 0.452 e. The van der Waals surface area contributed by atoms with E-state index >= 15 is 0 Å². The molecule has 3 aromatic heterocycles. The summed E-state index contributed by atoms with van der Waals surface area (Å²) in [5, 5.41) is 8.55. The lowest BCUT2D eigenvalue weighted by atomic mass is 9.89. The highest BCUT2D eigenvalue weighted by molar-refractivity contribution is 6.36. The average Bonchev–Trinajstić information content (AvgIpc) is 3.82. The van der Waals surface area contributed by atoms with Gasteiger partial charge in [-0.2, -0.15) is 0 Å². The van der Waals surface area contributed by atoms with Crippen LogP contribution in [0.3, 0.4) is 0 Å². The number of hydrogen-bond donors (Lipinski definition) is 0. The van der Waals surface area contributed by atoms with Crippen LogP contribution >= 0.6 is 0 Å². The van der Waals surface area contributed by atoms with Crippen LogP contribution in [0.2, 0.25) is 0 Å². The third-order valence-corrected chi connectivity index (χ3v) is 11.4. The zero-order valence-corrected chi connectivity index (χ0v) is 30.1. The second-order valence-corrected chi connectivity index (χ2v) is 14.5. The van der Waals surface area contributed by atoms with Crippen LogP contribution in [0.15, 0.2) is 192 Å². The molecule has 56 heavy (non-hydrogen) atoms. The number of nitrogens with zero attached hydrogens (tertiary/aromatic N) is 3. The summed E-state index contributed by atoms with van der Waals surface area (Å²) >= 11 is 0. The summed E-state index contributed by atoms with van der Waals surface area (Å²) in [5.41, 5.74) is 13.2. The number of fused-ring (bicyclic) bond motifs is 6. The first-order chi connectivity index (χ1) is 27.8. The molecular formula is C52H31N3O. The minimum atomic E-state index is 0.667. The third-order valence-electron chi connectivity index (χ3n) is 11.4. The molecule has 9 aromatic carbocycles. The zero-order chi connectivity index (χ0) is 36.7. The van der Waals surface area contributed by atoms with Crippen LogP contribution in [0.4, 0.5) is 0 Å². The minimum Gasteiger partial charge on any atom is -0.452 e. The maximum absolute atomic E-state index is 6.71. The summed E-state index contributed by atoms with van der Waals surface area (Å²) in [6, 6.07) is 66.6. The van der Waals surface area contributed by atoms with E-state index in [-0.39, 0.29) is 0 Å². The number of furan rings is 1. The zero-order valence-electron chi connectivity index (χ0n) is 30.1. The van der Waals surface area contributed by atoms with E-state index < -0.39 is 0 Å². The molecule has 4 nitrogen and oxygen atoms in total. The van der Waals surface area contributed by atoms with Gasteiger partial charge in [0, 0.05) is 38.4 Å². The van der Waals surface area contributed by atoms with Gasteiger partial charge < -0.3 is 8.98 Å². The van der Waals surface area contributed by atoms with Gasteiger partial charge in [0.15, 0.2) is 11.4 Å². The van der Waals surface area contributed by atoms with Crippen molar-refractivity contribution in [2.75, 3.05) is 0 Å². The van der Waals surface area contributed by atoms with Crippen molar-refractivity contribution in [3.05, 3.63) is 188 Å². The van der Waals surface area contributed by atoms with Gasteiger partial charge in [-0.15, -0.1) is 0 Å². The Morgan fingerprint density at radius 2 is 1.00 bits per heavy atom. The molecule has 0 bridgehead atoms. The summed E-state index contributed by atoms with van der Waals surface area (Å²) in [6.07, 6.45) is 0. The quantitative estimate of drug-likeness (QED) is 0.167. The average molecular weight is 714 g/mol. The lowest BCUT2D eigenvalue weighted by molar-refractivity contribution is 0.667. The lowest BCUT2D eigenvalue weighted by Crippen LogP contribution is -1.94. The first kappa shape index (κ1) is 30.9. The Kier molecular flexibility index (Phi) is 6.60. The second-order valence-electron chi connectivity index (χ2n) is 14.5. The van der Waals surface area contributed by atoms with Crippen molar-refractivity contribution < 1.29 is 4.42 Å². The van der Waals surface area contributed by atoms with Crippen LogP contribution in [0, 0.1) is 0 Å². The van der Waals surface area contributed by atoms with Gasteiger partial charge in [0.2, 0.25) is 0 Å². The van der Waals surface area contributed by atoms with Gasteiger partial charge in [-0.3, -0.25) is 0 Å². The maximum atomic E-state index is 6.71. The molecule has 0 aliphatic heterocycles. The molecule has 0 fully saturated rings. The fraction of sp³-hybridized carbons (Fsp3) is 0. The van der Waals surface area contributed by atoms with E-state index in [0.29, 0.717) is 11.4 Å². The van der Waals surface area contributed by atoms with Gasteiger partial charge in [-0.1, -0.05) is 152 Å². The Morgan fingerprint density at radius 3 is 1.79 bits per heavy atom. The number of benzene rings is 9. The molecule has 0 saturated heterocycles. The Labute approximate surface area is 321 Å². The fourth-order valence-corrected chi connectivity index (χ4v) is 8.86. The van der Waals surface area contributed by atoms with Crippen LogP contribution in [-0.2, 0) is 0 Å². The first-order valence-electron chi connectivity index (χ1n) is 19.0. The molecule has 0 saturated carbocycles. The Bertz CT molecular complexity index is 3440. The summed E-state index contributed by atoms with van der Waals surface area (Å²) in [7, 11) is 0. The van der Waals surface area contributed by atoms with E-state index in [1.54, 1.807) is 0 Å². The van der Waals surface area contributed by atoms with Gasteiger partial charge in [0.1, 0.15) is 16.8 Å². The minimum absolute atomic E-state index is 0.667. The number of para-hydroxylation sites is 1. The van der Waals surface area contributed by atoms with Gasteiger partial charge in [-0.05, 0) is 74.8 Å². The third kappa shape index (κ3) is 4.53. The van der Waals surface area contributed by atoms with E-state index in [1.807, 2.05) is 24.3 Å². The number of rotatable bonds is 5. The van der Waals surface area contributed by atoms with E-state index in [4.69, 9.17) is 14.4 Å². The monoisotopic (exact) mass is 713 g/mol. The molecule has 0 N–H and O–H groups in total. The van der Waals surface area contributed by atoms with Gasteiger partial charge in [-0.25, -0.2) is 9.97 Å². The van der Waals surface area contributed by atoms with Crippen molar-refractivity contribution in [1.29, 1.82) is 0 Å². The highest BCUT2D eigenvalue weighted by atomic mass is 16.3. The van der Waals surface area contributed by atoms with Crippen LogP contribution in [0.1, 0.15) is 0 Å². The van der Waals surface area contributed by atoms with Crippen molar-refractivity contribution in [1.82, 2.24) is 14.5 Å². The van der Waals surface area contributed by atoms with Gasteiger partial charge >= 0.3 is 0 Å². The highest BCUT2D eigenvalue weighted by Crippen LogP contribution is 2.47. The normalized spacial score (nSPS) is 11.9. The molecule has 0 atom stereocenters. The molecule has 0 amide bonds.